The predicted octanol–water partition coefficient (Wildman–Crippen LogP) is 14.5. The van der Waals surface area contributed by atoms with E-state index in [0.717, 1.165) is 22.7 Å². The molecule has 0 atom stereocenters. The Morgan fingerprint density at radius 3 is 1.64 bits per heavy atom. The summed E-state index contributed by atoms with van der Waals surface area (Å²) in [4.78, 5) is 2.50. The molecule has 2 aliphatic carbocycles. The fourth-order valence-corrected chi connectivity index (χ4v) is 10.1. The summed E-state index contributed by atoms with van der Waals surface area (Å²) in [5.74, 6) is 0. The molecule has 1 heterocycles. The Labute approximate surface area is 328 Å². The molecule has 8 aromatic carbocycles. The van der Waals surface area contributed by atoms with E-state index in [9.17, 15) is 0 Å². The molecule has 0 fully saturated rings. The molecule has 0 amide bonds. The fraction of sp³-hybridized carbons (Fsp3) is 0.111. The third kappa shape index (κ3) is 4.62. The molecule has 0 bridgehead atoms. The minimum absolute atomic E-state index is 0.130. The molecule has 0 saturated carbocycles. The Bertz CT molecular complexity index is 2980. The lowest BCUT2D eigenvalue weighted by Gasteiger charge is -2.31. The van der Waals surface area contributed by atoms with Gasteiger partial charge in [-0.1, -0.05) is 155 Å². The zero-order valence-electron chi connectivity index (χ0n) is 32.2. The zero-order chi connectivity index (χ0) is 37.8. The number of benzene rings is 8. The zero-order valence-corrected chi connectivity index (χ0v) is 32.2. The quantitative estimate of drug-likeness (QED) is 0.172. The van der Waals surface area contributed by atoms with Crippen LogP contribution in [0, 0.1) is 0 Å². The minimum Gasteiger partial charge on any atom is -0.310 e. The van der Waals surface area contributed by atoms with Gasteiger partial charge in [0.05, 0.1) is 11.0 Å². The van der Waals surface area contributed by atoms with Crippen molar-refractivity contribution in [3.63, 3.8) is 0 Å². The third-order valence-corrected chi connectivity index (χ3v) is 12.7. The monoisotopic (exact) mass is 718 g/mol. The van der Waals surface area contributed by atoms with Crippen LogP contribution in [0.1, 0.15) is 49.9 Å². The van der Waals surface area contributed by atoms with Crippen LogP contribution in [0.25, 0.3) is 60.9 Å². The van der Waals surface area contributed by atoms with E-state index in [4.69, 9.17) is 0 Å². The molecule has 9 aromatic rings. The van der Waals surface area contributed by atoms with Gasteiger partial charge in [-0.2, -0.15) is 0 Å². The Morgan fingerprint density at radius 1 is 0.375 bits per heavy atom. The lowest BCUT2D eigenvalue weighted by atomic mass is 9.78. The van der Waals surface area contributed by atoms with Crippen molar-refractivity contribution in [2.45, 2.75) is 38.5 Å². The highest BCUT2D eigenvalue weighted by molar-refractivity contribution is 6.09. The lowest BCUT2D eigenvalue weighted by molar-refractivity contribution is 0.660. The van der Waals surface area contributed by atoms with Gasteiger partial charge in [0.1, 0.15) is 0 Å². The van der Waals surface area contributed by atoms with Gasteiger partial charge in [-0.15, -0.1) is 0 Å². The van der Waals surface area contributed by atoms with Crippen molar-refractivity contribution in [2.24, 2.45) is 0 Å². The highest BCUT2D eigenvalue weighted by atomic mass is 15.1. The van der Waals surface area contributed by atoms with E-state index < -0.39 is 0 Å². The van der Waals surface area contributed by atoms with Gasteiger partial charge in [0.2, 0.25) is 0 Å². The van der Waals surface area contributed by atoms with Gasteiger partial charge >= 0.3 is 0 Å². The molecule has 0 saturated heterocycles. The summed E-state index contributed by atoms with van der Waals surface area (Å²) in [6, 6.07) is 67.6. The number of rotatable bonds is 5. The van der Waals surface area contributed by atoms with Gasteiger partial charge in [-0.05, 0) is 110 Å². The van der Waals surface area contributed by atoms with Crippen molar-refractivity contribution < 1.29 is 0 Å². The number of para-hydroxylation sites is 2. The third-order valence-electron chi connectivity index (χ3n) is 12.7. The SMILES string of the molecule is CC1(C)c2ccccc2-c2ccc(N(c3cccc(-n4c5ccccc5c5ccccc54)c3)c3cc(-c4ccccc4)c4c(c3)-c3ccccc3C4(C)C)cc21. The molecule has 2 aliphatic rings. The first-order valence-electron chi connectivity index (χ1n) is 19.8. The molecular weight excluding hydrogens is 677 g/mol. The standard InChI is InChI=1S/C54H42N2/c1-53(2)47-25-12-8-21-40(47)42-30-29-38(34-49(42)53)55(36-19-16-20-37(31-36)56-50-27-14-10-23-43(50)44-24-11-15-28-51(44)56)39-32-45(35-17-6-5-7-18-35)52-46(33-39)41-22-9-13-26-48(41)54(52,3)4/h5-34H,1-4H3. The number of hydrogen-bond donors (Lipinski definition) is 0. The maximum Gasteiger partial charge on any atom is 0.0541 e. The van der Waals surface area contributed by atoms with E-state index in [1.165, 1.54) is 77.4 Å². The van der Waals surface area contributed by atoms with Crippen LogP contribution in [-0.4, -0.2) is 4.57 Å². The van der Waals surface area contributed by atoms with E-state index in [1.54, 1.807) is 0 Å². The summed E-state index contributed by atoms with van der Waals surface area (Å²) < 4.78 is 2.42. The molecule has 56 heavy (non-hydrogen) atoms. The van der Waals surface area contributed by atoms with Crippen LogP contribution in [0.2, 0.25) is 0 Å². The first-order chi connectivity index (χ1) is 27.3. The molecule has 2 nitrogen and oxygen atoms in total. The first kappa shape index (κ1) is 32.8. The van der Waals surface area contributed by atoms with Gasteiger partial charge < -0.3 is 9.47 Å². The first-order valence-corrected chi connectivity index (χ1v) is 19.8. The average molecular weight is 719 g/mol. The Balaban J connectivity index is 1.19. The van der Waals surface area contributed by atoms with Crippen LogP contribution in [-0.2, 0) is 10.8 Å². The second-order valence-corrected chi connectivity index (χ2v) is 16.6. The highest BCUT2D eigenvalue weighted by Gasteiger charge is 2.39. The van der Waals surface area contributed by atoms with Gasteiger partial charge in [0, 0.05) is 44.4 Å². The number of nitrogens with zero attached hydrogens (tertiary/aromatic N) is 2. The summed E-state index contributed by atoms with van der Waals surface area (Å²) in [7, 11) is 0. The van der Waals surface area contributed by atoms with Gasteiger partial charge in [0.15, 0.2) is 0 Å². The number of anilines is 3. The number of aromatic nitrogens is 1. The van der Waals surface area contributed by atoms with Crippen LogP contribution < -0.4 is 4.90 Å². The molecule has 0 spiro atoms. The predicted molar refractivity (Wildman–Crippen MR) is 236 cm³/mol. The average Bonchev–Trinajstić information content (AvgIpc) is 3.78. The Hall–Kier alpha value is -6.64. The van der Waals surface area contributed by atoms with E-state index >= 15 is 0 Å². The van der Waals surface area contributed by atoms with Crippen molar-refractivity contribution in [3.8, 4) is 39.1 Å². The second kappa shape index (κ2) is 11.9. The maximum atomic E-state index is 2.50. The van der Waals surface area contributed by atoms with Crippen molar-refractivity contribution >= 4 is 38.9 Å². The molecule has 0 unspecified atom stereocenters. The molecule has 1 aromatic heterocycles. The van der Waals surface area contributed by atoms with E-state index in [-0.39, 0.29) is 10.8 Å². The summed E-state index contributed by atoms with van der Waals surface area (Å²) in [5, 5.41) is 2.52. The van der Waals surface area contributed by atoms with Crippen LogP contribution in [0.3, 0.4) is 0 Å². The van der Waals surface area contributed by atoms with Crippen LogP contribution in [0.5, 0.6) is 0 Å². The van der Waals surface area contributed by atoms with Crippen molar-refractivity contribution in [1.29, 1.82) is 0 Å². The summed E-state index contributed by atoms with van der Waals surface area (Å²) in [5.41, 5.74) is 20.0. The van der Waals surface area contributed by atoms with Crippen molar-refractivity contribution in [1.82, 2.24) is 4.57 Å². The largest absolute Gasteiger partial charge is 0.310 e. The smallest absolute Gasteiger partial charge is 0.0541 e. The molecule has 268 valence electrons. The Morgan fingerprint density at radius 2 is 0.929 bits per heavy atom. The highest BCUT2D eigenvalue weighted by Crippen LogP contribution is 2.55. The summed E-state index contributed by atoms with van der Waals surface area (Å²) in [6.45, 7) is 9.52. The van der Waals surface area contributed by atoms with Crippen molar-refractivity contribution in [3.05, 3.63) is 204 Å². The van der Waals surface area contributed by atoms with Crippen molar-refractivity contribution in [2.75, 3.05) is 4.90 Å². The molecule has 11 rings (SSSR count). The van der Waals surface area contributed by atoms with Gasteiger partial charge in [-0.3, -0.25) is 0 Å². The normalized spacial score (nSPS) is 14.4. The minimum atomic E-state index is -0.152. The van der Waals surface area contributed by atoms with Gasteiger partial charge in [0.25, 0.3) is 0 Å². The molecule has 0 N–H and O–H groups in total. The summed E-state index contributed by atoms with van der Waals surface area (Å²) >= 11 is 0. The Kier molecular flexibility index (Phi) is 6.98. The van der Waals surface area contributed by atoms with E-state index in [1.807, 2.05) is 0 Å². The lowest BCUT2D eigenvalue weighted by Crippen LogP contribution is -2.18. The van der Waals surface area contributed by atoms with Crippen LogP contribution >= 0.6 is 0 Å². The molecule has 0 radical (unpaired) electrons. The maximum absolute atomic E-state index is 2.50. The van der Waals surface area contributed by atoms with Gasteiger partial charge in [-0.25, -0.2) is 0 Å². The second-order valence-electron chi connectivity index (χ2n) is 16.6. The van der Waals surface area contributed by atoms with Crippen LogP contribution in [0.4, 0.5) is 17.1 Å². The van der Waals surface area contributed by atoms with E-state index in [2.05, 4.69) is 219 Å². The topological polar surface area (TPSA) is 8.17 Å². The molecular formula is C54H42N2. The molecule has 0 aliphatic heterocycles. The summed E-state index contributed by atoms with van der Waals surface area (Å²) in [6.07, 6.45) is 0. The molecule has 2 heteroatoms. The fourth-order valence-electron chi connectivity index (χ4n) is 10.1. The van der Waals surface area contributed by atoms with Crippen LogP contribution in [0.15, 0.2) is 182 Å². The van der Waals surface area contributed by atoms with E-state index in [0.29, 0.717) is 0 Å². The number of hydrogen-bond acceptors (Lipinski definition) is 1. The number of fused-ring (bicyclic) bond motifs is 9.